The van der Waals surface area contributed by atoms with Crippen LogP contribution in [0.5, 0.6) is 0 Å². The first-order valence-electron chi connectivity index (χ1n) is 8.26. The van der Waals surface area contributed by atoms with Gasteiger partial charge < -0.3 is 9.64 Å². The summed E-state index contributed by atoms with van der Waals surface area (Å²) in [6.45, 7) is 3.43. The topological polar surface area (TPSA) is 66.9 Å². The summed E-state index contributed by atoms with van der Waals surface area (Å²) >= 11 is 0. The van der Waals surface area contributed by atoms with Gasteiger partial charge >= 0.3 is 0 Å². The normalized spacial score (nSPS) is 28.5. The Morgan fingerprint density at radius 2 is 1.82 bits per heavy atom. The van der Waals surface area contributed by atoms with E-state index in [4.69, 9.17) is 4.74 Å². The van der Waals surface area contributed by atoms with Crippen LogP contribution in [0.1, 0.15) is 32.1 Å². The summed E-state index contributed by atoms with van der Waals surface area (Å²) < 4.78 is 31.2. The predicted octanol–water partition coefficient (Wildman–Crippen LogP) is 0.686. The van der Waals surface area contributed by atoms with Crippen LogP contribution in [0.2, 0.25) is 0 Å². The maximum absolute atomic E-state index is 12.2. The van der Waals surface area contributed by atoms with Gasteiger partial charge in [-0.2, -0.15) is 0 Å². The Morgan fingerprint density at radius 3 is 2.41 bits per heavy atom. The van der Waals surface area contributed by atoms with Crippen LogP contribution in [-0.4, -0.2) is 68.7 Å². The summed E-state index contributed by atoms with van der Waals surface area (Å²) in [5.41, 5.74) is 0. The Bertz CT molecular complexity index is 510. The Labute approximate surface area is 132 Å². The van der Waals surface area contributed by atoms with Crippen molar-refractivity contribution in [3.63, 3.8) is 0 Å². The summed E-state index contributed by atoms with van der Waals surface area (Å²) in [6, 6.07) is 0. The minimum absolute atomic E-state index is 0.112. The maximum atomic E-state index is 12.2. The highest BCUT2D eigenvalue weighted by Gasteiger charge is 2.41. The van der Waals surface area contributed by atoms with Gasteiger partial charge in [0.05, 0.1) is 11.9 Å². The number of amides is 1. The van der Waals surface area contributed by atoms with Gasteiger partial charge in [0.2, 0.25) is 15.9 Å². The fourth-order valence-electron chi connectivity index (χ4n) is 3.61. The molecule has 0 aromatic rings. The highest BCUT2D eigenvalue weighted by atomic mass is 32.2. The summed E-state index contributed by atoms with van der Waals surface area (Å²) in [5, 5.41) is -0.112. The van der Waals surface area contributed by atoms with Crippen molar-refractivity contribution in [1.82, 2.24) is 9.21 Å². The molecule has 2 aliphatic heterocycles. The lowest BCUT2D eigenvalue weighted by Crippen LogP contribution is -2.43. The average molecular weight is 330 g/mol. The minimum atomic E-state index is -3.03. The van der Waals surface area contributed by atoms with Gasteiger partial charge in [-0.15, -0.1) is 0 Å². The highest BCUT2D eigenvalue weighted by molar-refractivity contribution is 7.90. The molecule has 22 heavy (non-hydrogen) atoms. The molecule has 2 heterocycles. The molecule has 3 aliphatic rings. The van der Waals surface area contributed by atoms with Gasteiger partial charge in [-0.05, 0) is 31.6 Å². The number of methoxy groups -OCH3 is 1. The second-order valence-corrected chi connectivity index (χ2v) is 9.12. The van der Waals surface area contributed by atoms with E-state index in [-0.39, 0.29) is 11.2 Å². The van der Waals surface area contributed by atoms with Crippen LogP contribution in [-0.2, 0) is 19.6 Å². The standard InChI is InChI=1S/C15H26N2O4S/c1-21-11-13-8-15(18)16(10-13)9-12-4-6-17(7-5-12)22(19,20)14-2-3-14/h12-14H,2-11H2,1H3. The minimum Gasteiger partial charge on any atom is -0.384 e. The molecule has 0 aromatic heterocycles. The van der Waals surface area contributed by atoms with Crippen molar-refractivity contribution >= 4 is 15.9 Å². The lowest BCUT2D eigenvalue weighted by molar-refractivity contribution is -0.128. The smallest absolute Gasteiger partial charge is 0.223 e. The Hall–Kier alpha value is -0.660. The van der Waals surface area contributed by atoms with E-state index in [9.17, 15) is 13.2 Å². The number of sulfonamides is 1. The second kappa shape index (κ2) is 6.45. The van der Waals surface area contributed by atoms with Gasteiger partial charge in [0.15, 0.2) is 0 Å². The van der Waals surface area contributed by atoms with Crippen LogP contribution in [0.25, 0.3) is 0 Å². The van der Waals surface area contributed by atoms with E-state index in [1.54, 1.807) is 11.4 Å². The molecule has 1 aliphatic carbocycles. The largest absolute Gasteiger partial charge is 0.384 e. The lowest BCUT2D eigenvalue weighted by atomic mass is 9.97. The molecule has 6 nitrogen and oxygen atoms in total. The highest BCUT2D eigenvalue weighted by Crippen LogP contribution is 2.33. The van der Waals surface area contributed by atoms with Gasteiger partial charge in [0.1, 0.15) is 0 Å². The van der Waals surface area contributed by atoms with Crippen LogP contribution < -0.4 is 0 Å². The first kappa shape index (κ1) is 16.2. The van der Waals surface area contributed by atoms with Crippen molar-refractivity contribution in [2.24, 2.45) is 11.8 Å². The lowest BCUT2D eigenvalue weighted by Gasteiger charge is -2.33. The number of piperidine rings is 1. The number of rotatable bonds is 6. The van der Waals surface area contributed by atoms with E-state index in [0.29, 0.717) is 38.0 Å². The summed E-state index contributed by atoms with van der Waals surface area (Å²) in [7, 11) is -1.36. The third kappa shape index (κ3) is 3.46. The van der Waals surface area contributed by atoms with Crippen LogP contribution in [0.15, 0.2) is 0 Å². The summed E-state index contributed by atoms with van der Waals surface area (Å²) in [6.07, 6.45) is 3.97. The van der Waals surface area contributed by atoms with Crippen molar-refractivity contribution < 1.29 is 17.9 Å². The molecule has 2 saturated heterocycles. The third-order valence-electron chi connectivity index (χ3n) is 5.05. The average Bonchev–Trinajstić information content (AvgIpc) is 3.28. The van der Waals surface area contributed by atoms with Crippen molar-refractivity contribution in [1.29, 1.82) is 0 Å². The Kier molecular flexibility index (Phi) is 4.75. The van der Waals surface area contributed by atoms with Gasteiger partial charge in [0.25, 0.3) is 0 Å². The van der Waals surface area contributed by atoms with Crippen molar-refractivity contribution in [2.45, 2.75) is 37.4 Å². The number of carbonyl (C=O) groups is 1. The maximum Gasteiger partial charge on any atom is 0.223 e. The van der Waals surface area contributed by atoms with Crippen LogP contribution in [0, 0.1) is 11.8 Å². The van der Waals surface area contributed by atoms with Gasteiger partial charge in [-0.1, -0.05) is 0 Å². The van der Waals surface area contributed by atoms with Crippen LogP contribution >= 0.6 is 0 Å². The molecule has 3 rings (SSSR count). The number of hydrogen-bond acceptors (Lipinski definition) is 4. The van der Waals surface area contributed by atoms with Crippen LogP contribution in [0.4, 0.5) is 0 Å². The van der Waals surface area contributed by atoms with Crippen molar-refractivity contribution in [3.8, 4) is 0 Å². The van der Waals surface area contributed by atoms with Gasteiger partial charge in [-0.3, -0.25) is 4.79 Å². The van der Waals surface area contributed by atoms with E-state index in [1.165, 1.54) is 0 Å². The molecule has 0 bridgehead atoms. The summed E-state index contributed by atoms with van der Waals surface area (Å²) in [5.74, 6) is 0.957. The fourth-order valence-corrected chi connectivity index (χ4v) is 5.49. The molecule has 1 amide bonds. The second-order valence-electron chi connectivity index (χ2n) is 6.91. The van der Waals surface area contributed by atoms with E-state index in [0.717, 1.165) is 38.8 Å². The molecule has 1 atom stereocenters. The third-order valence-corrected chi connectivity index (χ3v) is 7.45. The molecule has 0 spiro atoms. The molecule has 0 N–H and O–H groups in total. The Balaban J connectivity index is 1.47. The molecular formula is C15H26N2O4S. The Morgan fingerprint density at radius 1 is 1.14 bits per heavy atom. The zero-order valence-electron chi connectivity index (χ0n) is 13.2. The monoisotopic (exact) mass is 330 g/mol. The summed E-state index contributed by atoms with van der Waals surface area (Å²) in [4.78, 5) is 14.0. The fraction of sp³-hybridized carbons (Fsp3) is 0.933. The van der Waals surface area contributed by atoms with Crippen molar-refractivity contribution in [2.75, 3.05) is 39.9 Å². The predicted molar refractivity (Wildman–Crippen MR) is 82.8 cm³/mol. The van der Waals surface area contributed by atoms with Gasteiger partial charge in [-0.25, -0.2) is 12.7 Å². The first-order valence-corrected chi connectivity index (χ1v) is 9.76. The SMILES string of the molecule is COCC1CC(=O)N(CC2CCN(S(=O)(=O)C3CC3)CC2)C1. The number of hydrogen-bond donors (Lipinski definition) is 0. The van der Waals surface area contributed by atoms with Crippen molar-refractivity contribution in [3.05, 3.63) is 0 Å². The molecule has 7 heteroatoms. The zero-order valence-corrected chi connectivity index (χ0v) is 14.1. The van der Waals surface area contributed by atoms with Crippen LogP contribution in [0.3, 0.4) is 0 Å². The molecule has 1 saturated carbocycles. The van der Waals surface area contributed by atoms with E-state index in [2.05, 4.69) is 0 Å². The number of likely N-dealkylation sites (tertiary alicyclic amines) is 1. The zero-order chi connectivity index (χ0) is 15.7. The quantitative estimate of drug-likeness (QED) is 0.718. The number of carbonyl (C=O) groups excluding carboxylic acids is 1. The van der Waals surface area contributed by atoms with E-state index >= 15 is 0 Å². The molecule has 126 valence electrons. The molecule has 3 fully saturated rings. The molecule has 0 aromatic carbocycles. The first-order chi connectivity index (χ1) is 10.5. The van der Waals surface area contributed by atoms with Gasteiger partial charge in [0, 0.05) is 45.6 Å². The molecule has 0 radical (unpaired) electrons. The van der Waals surface area contributed by atoms with E-state index < -0.39 is 10.0 Å². The molecule has 1 unspecified atom stereocenters. The van der Waals surface area contributed by atoms with E-state index in [1.807, 2.05) is 4.90 Å². The number of ether oxygens (including phenoxy) is 1. The molecular weight excluding hydrogens is 304 g/mol. The number of nitrogens with zero attached hydrogens (tertiary/aromatic N) is 2.